The van der Waals surface area contributed by atoms with Crippen molar-refractivity contribution >= 4 is 17.3 Å². The van der Waals surface area contributed by atoms with Gasteiger partial charge in [0.15, 0.2) is 0 Å². The van der Waals surface area contributed by atoms with Gasteiger partial charge in [-0.25, -0.2) is 9.78 Å². The number of rotatable bonds is 3. The molecule has 2 aromatic heterocycles. The third-order valence-corrected chi connectivity index (χ3v) is 7.51. The fourth-order valence-corrected chi connectivity index (χ4v) is 5.87. The first-order valence-electron chi connectivity index (χ1n) is 12.1. The van der Waals surface area contributed by atoms with E-state index in [0.717, 1.165) is 17.6 Å². The monoisotopic (exact) mass is 463 g/mol. The van der Waals surface area contributed by atoms with Crippen molar-refractivity contribution < 1.29 is 14.3 Å². The second-order valence-corrected chi connectivity index (χ2v) is 9.47. The molecule has 0 saturated carbocycles. The van der Waals surface area contributed by atoms with Crippen molar-refractivity contribution in [3.05, 3.63) is 102 Å². The number of carbonyl (C=O) groups is 1. The van der Waals surface area contributed by atoms with E-state index >= 15 is 0 Å². The van der Waals surface area contributed by atoms with E-state index in [1.807, 2.05) is 21.7 Å². The molecule has 0 radical (unpaired) electrons. The summed E-state index contributed by atoms with van der Waals surface area (Å²) in [6.45, 7) is 1.33. The van der Waals surface area contributed by atoms with E-state index in [9.17, 15) is 4.79 Å². The smallest absolute Gasteiger partial charge is 0.410 e. The zero-order valence-electron chi connectivity index (χ0n) is 19.2. The van der Waals surface area contributed by atoms with Crippen molar-refractivity contribution in [2.24, 2.45) is 0 Å². The predicted molar refractivity (Wildman–Crippen MR) is 133 cm³/mol. The summed E-state index contributed by atoms with van der Waals surface area (Å²) in [5.41, 5.74) is 8.21. The minimum absolute atomic E-state index is 0.0413. The Balaban J connectivity index is 1.12. The maximum Gasteiger partial charge on any atom is 0.410 e. The molecule has 4 heterocycles. The molecule has 0 N–H and O–H groups in total. The van der Waals surface area contributed by atoms with Gasteiger partial charge in [-0.3, -0.25) is 4.90 Å². The summed E-state index contributed by atoms with van der Waals surface area (Å²) in [5.74, 6) is 0.0552. The summed E-state index contributed by atoms with van der Waals surface area (Å²) in [5, 5.41) is 0. The number of hydrogen-bond donors (Lipinski definition) is 0. The summed E-state index contributed by atoms with van der Waals surface area (Å²) in [6, 6.07) is 20.9. The van der Waals surface area contributed by atoms with Gasteiger partial charge in [-0.1, -0.05) is 54.6 Å². The molecule has 6 nitrogen and oxygen atoms in total. The number of amides is 1. The molecule has 0 spiro atoms. The summed E-state index contributed by atoms with van der Waals surface area (Å²) in [7, 11) is 0. The fourth-order valence-electron chi connectivity index (χ4n) is 5.87. The molecular formula is C29H25N3O3. The molecule has 2 aliphatic heterocycles. The number of nitrogens with zero attached hydrogens (tertiary/aromatic N) is 3. The van der Waals surface area contributed by atoms with Gasteiger partial charge >= 0.3 is 6.09 Å². The number of aromatic nitrogens is 2. The van der Waals surface area contributed by atoms with Crippen LogP contribution in [0.15, 0.2) is 85.3 Å². The van der Waals surface area contributed by atoms with Crippen LogP contribution < -0.4 is 0 Å². The average molecular weight is 464 g/mol. The summed E-state index contributed by atoms with van der Waals surface area (Å²) < 4.78 is 13.8. The van der Waals surface area contributed by atoms with Crippen LogP contribution in [0.25, 0.3) is 22.3 Å². The quantitative estimate of drug-likeness (QED) is 0.422. The van der Waals surface area contributed by atoms with Crippen molar-refractivity contribution in [1.82, 2.24) is 14.3 Å². The van der Waals surface area contributed by atoms with Gasteiger partial charge in [0.1, 0.15) is 12.3 Å². The minimum Gasteiger partial charge on any atom is -0.448 e. The molecule has 2 bridgehead atoms. The largest absolute Gasteiger partial charge is 0.448 e. The normalized spacial score (nSPS) is 20.9. The maximum atomic E-state index is 13.4. The van der Waals surface area contributed by atoms with Crippen molar-refractivity contribution in [3.63, 3.8) is 0 Å². The second-order valence-electron chi connectivity index (χ2n) is 9.47. The first-order valence-corrected chi connectivity index (χ1v) is 12.1. The van der Waals surface area contributed by atoms with E-state index in [0.29, 0.717) is 19.8 Å². The van der Waals surface area contributed by atoms with E-state index in [1.54, 1.807) is 6.20 Å². The van der Waals surface area contributed by atoms with Crippen LogP contribution in [0.5, 0.6) is 0 Å². The van der Waals surface area contributed by atoms with Crippen LogP contribution in [0.4, 0.5) is 4.79 Å². The van der Waals surface area contributed by atoms with Crippen molar-refractivity contribution in [2.75, 3.05) is 19.8 Å². The predicted octanol–water partition coefficient (Wildman–Crippen LogP) is 5.14. The number of morpholine rings is 1. The number of carbonyl (C=O) groups excluding carboxylic acids is 1. The first kappa shape index (κ1) is 20.5. The van der Waals surface area contributed by atoms with Gasteiger partial charge in [0.25, 0.3) is 0 Å². The van der Waals surface area contributed by atoms with E-state index in [2.05, 4.69) is 71.7 Å². The molecular weight excluding hydrogens is 438 g/mol. The van der Waals surface area contributed by atoms with Crippen LogP contribution >= 0.6 is 0 Å². The SMILES string of the molecule is O=C(OCC1c2ccccc2-c2ccccc21)N1C2C=C(c3ccn4ccnc4c3)CC1COC2. The van der Waals surface area contributed by atoms with Gasteiger partial charge in [-0.15, -0.1) is 0 Å². The standard InChI is InChI=1S/C29H25N3O3/c33-29(35-18-27-25-7-3-1-5-23(25)24-6-2-4-8-26(24)27)32-21-13-20(14-22(32)17-34-16-21)19-9-11-31-12-10-30-28(31)15-19/h1-13,15,21-22,27H,14,16-18H2. The lowest BCUT2D eigenvalue weighted by Crippen LogP contribution is -2.56. The maximum absolute atomic E-state index is 13.4. The van der Waals surface area contributed by atoms with E-state index in [1.165, 1.54) is 27.8 Å². The zero-order valence-corrected chi connectivity index (χ0v) is 19.2. The Morgan fingerprint density at radius 2 is 1.77 bits per heavy atom. The highest BCUT2D eigenvalue weighted by molar-refractivity contribution is 5.79. The minimum atomic E-state index is -0.260. The molecule has 4 aromatic rings. The van der Waals surface area contributed by atoms with Crippen LogP contribution in [0.2, 0.25) is 0 Å². The van der Waals surface area contributed by atoms with Crippen LogP contribution in [-0.4, -0.2) is 52.3 Å². The molecule has 1 saturated heterocycles. The number of hydrogen-bond acceptors (Lipinski definition) is 4. The average Bonchev–Trinajstić information content (AvgIpc) is 3.48. The van der Waals surface area contributed by atoms with E-state index in [4.69, 9.17) is 9.47 Å². The summed E-state index contributed by atoms with van der Waals surface area (Å²) >= 11 is 0. The lowest BCUT2D eigenvalue weighted by Gasteiger charge is -2.44. The van der Waals surface area contributed by atoms with E-state index < -0.39 is 0 Å². The third kappa shape index (κ3) is 3.36. The van der Waals surface area contributed by atoms with Gasteiger partial charge in [0.05, 0.1) is 25.3 Å². The van der Waals surface area contributed by atoms with Gasteiger partial charge in [-0.05, 0) is 51.9 Å². The molecule has 35 heavy (non-hydrogen) atoms. The number of pyridine rings is 1. The van der Waals surface area contributed by atoms with Crippen LogP contribution in [0.1, 0.15) is 29.0 Å². The Bertz CT molecular complexity index is 1430. The van der Waals surface area contributed by atoms with Crippen molar-refractivity contribution in [2.45, 2.75) is 24.4 Å². The Morgan fingerprint density at radius 3 is 2.54 bits per heavy atom. The van der Waals surface area contributed by atoms with E-state index in [-0.39, 0.29) is 24.1 Å². The number of ether oxygens (including phenoxy) is 2. The molecule has 3 aliphatic rings. The highest BCUT2D eigenvalue weighted by atomic mass is 16.6. The lowest BCUT2D eigenvalue weighted by atomic mass is 9.90. The molecule has 7 rings (SSSR count). The zero-order chi connectivity index (χ0) is 23.4. The number of imidazole rings is 1. The van der Waals surface area contributed by atoms with Gasteiger partial charge in [-0.2, -0.15) is 0 Å². The molecule has 2 aromatic carbocycles. The number of fused-ring (bicyclic) bond motifs is 6. The Kier molecular flexibility index (Phi) is 4.74. The van der Waals surface area contributed by atoms with Gasteiger partial charge < -0.3 is 13.9 Å². The highest BCUT2D eigenvalue weighted by Crippen LogP contribution is 2.44. The molecule has 2 unspecified atom stereocenters. The Morgan fingerprint density at radius 1 is 1.00 bits per heavy atom. The Labute approximate surface area is 203 Å². The molecule has 1 aliphatic carbocycles. The van der Waals surface area contributed by atoms with Gasteiger partial charge in [0.2, 0.25) is 0 Å². The molecule has 1 amide bonds. The topological polar surface area (TPSA) is 56.1 Å². The Hall–Kier alpha value is -3.90. The molecule has 6 heteroatoms. The van der Waals surface area contributed by atoms with Crippen LogP contribution in [0.3, 0.4) is 0 Å². The van der Waals surface area contributed by atoms with Crippen LogP contribution in [0, 0.1) is 0 Å². The molecule has 1 fully saturated rings. The molecule has 174 valence electrons. The first-order chi connectivity index (χ1) is 17.3. The third-order valence-electron chi connectivity index (χ3n) is 7.51. The van der Waals surface area contributed by atoms with Crippen molar-refractivity contribution in [3.8, 4) is 11.1 Å². The fraction of sp³-hybridized carbons (Fsp3) is 0.241. The number of benzene rings is 2. The summed E-state index contributed by atoms with van der Waals surface area (Å²) in [4.78, 5) is 19.7. The lowest BCUT2D eigenvalue weighted by molar-refractivity contribution is -0.0331. The highest BCUT2D eigenvalue weighted by Gasteiger charge is 2.40. The summed E-state index contributed by atoms with van der Waals surface area (Å²) in [6.07, 6.45) is 8.40. The van der Waals surface area contributed by atoms with Gasteiger partial charge in [0, 0.05) is 24.5 Å². The van der Waals surface area contributed by atoms with Crippen molar-refractivity contribution in [1.29, 1.82) is 0 Å². The molecule has 2 atom stereocenters. The van der Waals surface area contributed by atoms with Crippen LogP contribution in [-0.2, 0) is 9.47 Å². The second kappa shape index (κ2) is 8.10.